The average molecular weight is 417 g/mol. The molecule has 1 fully saturated rings. The summed E-state index contributed by atoms with van der Waals surface area (Å²) in [7, 11) is 0. The number of hydrogen-bond acceptors (Lipinski definition) is 6. The fraction of sp³-hybridized carbons (Fsp3) is 0.263. The molecule has 3 atom stereocenters. The number of rotatable bonds is 4. The highest BCUT2D eigenvalue weighted by molar-refractivity contribution is 8.14. The van der Waals surface area contributed by atoms with Crippen LogP contribution in [0.3, 0.4) is 0 Å². The zero-order valence-electron chi connectivity index (χ0n) is 14.8. The second-order valence-corrected chi connectivity index (χ2v) is 8.08. The van der Waals surface area contributed by atoms with Gasteiger partial charge in [0.25, 0.3) is 5.91 Å². The predicted molar refractivity (Wildman–Crippen MR) is 102 cm³/mol. The molecule has 1 amide bonds. The minimum Gasteiger partial charge on any atom is -0.379 e. The summed E-state index contributed by atoms with van der Waals surface area (Å²) >= 11 is 1.30. The zero-order valence-corrected chi connectivity index (χ0v) is 15.6. The normalized spacial score (nSPS) is 24.8. The van der Waals surface area contributed by atoms with E-state index >= 15 is 0 Å². The Morgan fingerprint density at radius 1 is 1.41 bits per heavy atom. The molecule has 1 aromatic carbocycles. The molecule has 1 aliphatic heterocycles. The molecule has 4 rings (SSSR count). The number of alkyl halides is 1. The van der Waals surface area contributed by atoms with Crippen LogP contribution >= 0.6 is 11.8 Å². The number of anilines is 1. The standard InChI is InChI=1S/C19H14F3N5OS/c20-8-19(11-5-15(11)29-18(24)27-19)12-3-10(4-13(21)16(12)22)26-17(28)14-2-1-9(6-23)7-25-14/h1-4,7,11,15H,5,8H2,(H2,24,27)(H,26,28)/t11?,15?,19-/m0/s1. The highest BCUT2D eigenvalue weighted by Crippen LogP contribution is 2.58. The summed E-state index contributed by atoms with van der Waals surface area (Å²) in [6.07, 6.45) is 1.81. The van der Waals surface area contributed by atoms with Crippen LogP contribution in [0.15, 0.2) is 35.5 Å². The first-order valence-electron chi connectivity index (χ1n) is 8.63. The number of carbonyl (C=O) groups is 1. The van der Waals surface area contributed by atoms with E-state index in [2.05, 4.69) is 15.3 Å². The number of benzene rings is 1. The number of halogens is 3. The zero-order chi connectivity index (χ0) is 20.8. The van der Waals surface area contributed by atoms with Crippen molar-refractivity contribution in [3.63, 3.8) is 0 Å². The maximum atomic E-state index is 14.6. The largest absolute Gasteiger partial charge is 0.379 e. The molecule has 0 radical (unpaired) electrons. The molecule has 148 valence electrons. The van der Waals surface area contributed by atoms with Gasteiger partial charge in [-0.15, -0.1) is 0 Å². The summed E-state index contributed by atoms with van der Waals surface area (Å²) in [4.78, 5) is 20.4. The van der Waals surface area contributed by atoms with E-state index in [1.807, 2.05) is 6.07 Å². The number of hydrogen-bond donors (Lipinski definition) is 2. The number of fused-ring (bicyclic) bond motifs is 1. The van der Waals surface area contributed by atoms with Gasteiger partial charge in [-0.05, 0) is 24.6 Å². The van der Waals surface area contributed by atoms with Crippen LogP contribution < -0.4 is 11.1 Å². The van der Waals surface area contributed by atoms with Crippen LogP contribution in [0.2, 0.25) is 0 Å². The van der Waals surface area contributed by atoms with Crippen molar-refractivity contribution in [1.29, 1.82) is 5.26 Å². The van der Waals surface area contributed by atoms with Crippen molar-refractivity contribution in [2.45, 2.75) is 17.2 Å². The van der Waals surface area contributed by atoms with Gasteiger partial charge in [-0.25, -0.2) is 23.1 Å². The fourth-order valence-electron chi connectivity index (χ4n) is 3.49. The maximum Gasteiger partial charge on any atom is 0.274 e. The van der Waals surface area contributed by atoms with Crippen molar-refractivity contribution in [2.24, 2.45) is 16.6 Å². The number of aliphatic imine (C=N–C) groups is 1. The predicted octanol–water partition coefficient (Wildman–Crippen LogP) is 3.10. The molecule has 1 saturated carbocycles. The Kier molecular flexibility index (Phi) is 4.70. The second-order valence-electron chi connectivity index (χ2n) is 6.82. The van der Waals surface area contributed by atoms with Gasteiger partial charge in [0.2, 0.25) is 0 Å². The fourth-order valence-corrected chi connectivity index (χ4v) is 4.71. The molecular weight excluding hydrogens is 403 g/mol. The van der Waals surface area contributed by atoms with Crippen LogP contribution in [0.25, 0.3) is 0 Å². The number of aromatic nitrogens is 1. The Hall–Kier alpha value is -3.06. The van der Waals surface area contributed by atoms with Gasteiger partial charge in [0.1, 0.15) is 24.0 Å². The monoisotopic (exact) mass is 417 g/mol. The quantitative estimate of drug-likeness (QED) is 0.796. The van der Waals surface area contributed by atoms with Gasteiger partial charge in [0.15, 0.2) is 16.8 Å². The van der Waals surface area contributed by atoms with E-state index in [1.165, 1.54) is 36.2 Å². The summed E-state index contributed by atoms with van der Waals surface area (Å²) in [6, 6.07) is 6.60. The van der Waals surface area contributed by atoms with Crippen molar-refractivity contribution in [2.75, 3.05) is 12.0 Å². The first-order valence-corrected chi connectivity index (χ1v) is 9.51. The Balaban J connectivity index is 1.70. The lowest BCUT2D eigenvalue weighted by molar-refractivity contribution is 0.102. The molecule has 0 bridgehead atoms. The third kappa shape index (κ3) is 3.31. The van der Waals surface area contributed by atoms with Crippen LogP contribution in [-0.4, -0.2) is 28.0 Å². The smallest absolute Gasteiger partial charge is 0.274 e. The third-order valence-corrected chi connectivity index (χ3v) is 6.17. The van der Waals surface area contributed by atoms with Crippen molar-refractivity contribution in [3.8, 4) is 6.07 Å². The minimum atomic E-state index is -1.61. The lowest BCUT2D eigenvalue weighted by Gasteiger charge is -2.31. The Morgan fingerprint density at radius 3 is 2.86 bits per heavy atom. The van der Waals surface area contributed by atoms with Gasteiger partial charge in [-0.3, -0.25) is 4.79 Å². The van der Waals surface area contributed by atoms with Gasteiger partial charge in [-0.2, -0.15) is 5.26 Å². The van der Waals surface area contributed by atoms with E-state index in [9.17, 15) is 18.0 Å². The molecule has 2 heterocycles. The number of nitrogens with zero attached hydrogens (tertiary/aromatic N) is 3. The van der Waals surface area contributed by atoms with Crippen molar-refractivity contribution in [3.05, 3.63) is 58.9 Å². The van der Waals surface area contributed by atoms with E-state index in [1.54, 1.807) is 0 Å². The highest BCUT2D eigenvalue weighted by atomic mass is 32.2. The van der Waals surface area contributed by atoms with E-state index in [-0.39, 0.29) is 38.8 Å². The van der Waals surface area contributed by atoms with Crippen molar-refractivity contribution < 1.29 is 18.0 Å². The average Bonchev–Trinajstić information content (AvgIpc) is 3.49. The van der Waals surface area contributed by atoms with Gasteiger partial charge in [-0.1, -0.05) is 11.8 Å². The molecule has 1 aromatic heterocycles. The lowest BCUT2D eigenvalue weighted by atomic mass is 9.85. The van der Waals surface area contributed by atoms with Gasteiger partial charge < -0.3 is 11.1 Å². The summed E-state index contributed by atoms with van der Waals surface area (Å²) in [5.41, 5.74) is 4.07. The van der Waals surface area contributed by atoms with Crippen LogP contribution in [0.4, 0.5) is 18.9 Å². The third-order valence-electron chi connectivity index (χ3n) is 5.01. The van der Waals surface area contributed by atoms with E-state index in [0.29, 0.717) is 6.42 Å². The Labute approximate surface area is 168 Å². The summed E-state index contributed by atoms with van der Waals surface area (Å²) in [5.74, 6) is -3.44. The molecule has 2 unspecified atom stereocenters. The summed E-state index contributed by atoms with van der Waals surface area (Å²) in [5, 5.41) is 11.3. The topological polar surface area (TPSA) is 104 Å². The first-order chi connectivity index (χ1) is 13.9. The molecule has 1 aliphatic carbocycles. The van der Waals surface area contributed by atoms with Gasteiger partial charge in [0, 0.05) is 34.7 Å². The molecule has 6 nitrogen and oxygen atoms in total. The summed E-state index contributed by atoms with van der Waals surface area (Å²) in [6.45, 7) is -1.04. The van der Waals surface area contributed by atoms with E-state index in [4.69, 9.17) is 11.0 Å². The number of nitriles is 1. The van der Waals surface area contributed by atoms with Crippen LogP contribution in [0, 0.1) is 28.9 Å². The van der Waals surface area contributed by atoms with Gasteiger partial charge >= 0.3 is 0 Å². The van der Waals surface area contributed by atoms with E-state index in [0.717, 1.165) is 6.07 Å². The number of nitrogens with two attached hydrogens (primary N) is 1. The SMILES string of the molecule is N#Cc1ccc(C(=O)Nc2cc(F)c(F)c([C@@]3(CF)N=C(N)SC4CC43)c2)nc1. The van der Waals surface area contributed by atoms with Crippen LogP contribution in [0.5, 0.6) is 0 Å². The highest BCUT2D eigenvalue weighted by Gasteiger charge is 2.58. The maximum absolute atomic E-state index is 14.6. The number of thioether (sulfide) groups is 1. The number of carbonyl (C=O) groups excluding carboxylic acids is 1. The molecule has 3 N–H and O–H groups in total. The molecule has 0 saturated heterocycles. The van der Waals surface area contributed by atoms with Gasteiger partial charge in [0.05, 0.1) is 5.56 Å². The molecule has 2 aliphatic rings. The Bertz CT molecular complexity index is 1070. The molecular formula is C19H14F3N5OS. The number of amidine groups is 1. The number of amides is 1. The lowest BCUT2D eigenvalue weighted by Crippen LogP contribution is -2.37. The molecule has 0 spiro atoms. The number of pyridine rings is 1. The van der Waals surface area contributed by atoms with Crippen molar-refractivity contribution >= 4 is 28.5 Å². The van der Waals surface area contributed by atoms with Crippen molar-refractivity contribution in [1.82, 2.24) is 4.98 Å². The second kappa shape index (κ2) is 7.08. The molecule has 29 heavy (non-hydrogen) atoms. The van der Waals surface area contributed by atoms with Crippen LogP contribution in [0.1, 0.15) is 28.0 Å². The Morgan fingerprint density at radius 2 is 2.21 bits per heavy atom. The number of nitrogens with one attached hydrogen (secondary N) is 1. The van der Waals surface area contributed by atoms with Crippen LogP contribution in [-0.2, 0) is 5.54 Å². The van der Waals surface area contributed by atoms with E-state index < -0.39 is 29.8 Å². The minimum absolute atomic E-state index is 0.00630. The molecule has 2 aromatic rings. The first kappa shape index (κ1) is 19.3. The molecule has 10 heteroatoms. The summed E-state index contributed by atoms with van der Waals surface area (Å²) < 4.78 is 43.1.